The molecule has 118 valence electrons. The lowest BCUT2D eigenvalue weighted by Gasteiger charge is -2.07. The summed E-state index contributed by atoms with van der Waals surface area (Å²) >= 11 is 9.04. The maximum atomic E-state index is 12.6. The van der Waals surface area contributed by atoms with Gasteiger partial charge < -0.3 is 10.4 Å². The third-order valence-corrected chi connectivity index (χ3v) is 5.59. The summed E-state index contributed by atoms with van der Waals surface area (Å²) in [6, 6.07) is 7.61. The van der Waals surface area contributed by atoms with Crippen molar-refractivity contribution < 1.29 is 18.3 Å². The number of amides is 1. The monoisotopic (exact) mass is 406 g/mol. The van der Waals surface area contributed by atoms with Gasteiger partial charge in [-0.1, -0.05) is 17.7 Å². The standard InChI is InChI=1S/C13H12BrClN2O4S/c14-12-6-9(4-5-16-13(18)19)8-17(12)22(20,21)11-3-1-2-10(15)7-11/h1-3,6-8,16H,4-5H2,(H,18,19). The number of nitrogens with one attached hydrogen (secondary N) is 1. The Balaban J connectivity index is 2.28. The summed E-state index contributed by atoms with van der Waals surface area (Å²) in [5, 5.41) is 11.1. The number of benzene rings is 1. The predicted octanol–water partition coefficient (Wildman–Crippen LogP) is 2.95. The van der Waals surface area contributed by atoms with E-state index in [1.807, 2.05) is 0 Å². The van der Waals surface area contributed by atoms with Gasteiger partial charge in [-0.05, 0) is 52.2 Å². The third-order valence-electron chi connectivity index (χ3n) is 2.84. The quantitative estimate of drug-likeness (QED) is 0.797. The lowest BCUT2D eigenvalue weighted by molar-refractivity contribution is 0.194. The van der Waals surface area contributed by atoms with E-state index in [9.17, 15) is 13.2 Å². The van der Waals surface area contributed by atoms with Crippen LogP contribution in [-0.2, 0) is 16.4 Å². The Morgan fingerprint density at radius 2 is 2.09 bits per heavy atom. The molecule has 6 nitrogen and oxygen atoms in total. The highest BCUT2D eigenvalue weighted by Crippen LogP contribution is 2.24. The maximum absolute atomic E-state index is 12.6. The molecule has 0 saturated carbocycles. The summed E-state index contributed by atoms with van der Waals surface area (Å²) in [5.74, 6) is 0. The van der Waals surface area contributed by atoms with E-state index in [0.29, 0.717) is 21.6 Å². The van der Waals surface area contributed by atoms with Gasteiger partial charge in [0.25, 0.3) is 10.0 Å². The van der Waals surface area contributed by atoms with Crippen LogP contribution in [0.2, 0.25) is 5.02 Å². The first-order valence-corrected chi connectivity index (χ1v) is 8.76. The first-order valence-electron chi connectivity index (χ1n) is 6.15. The molecule has 2 rings (SSSR count). The highest BCUT2D eigenvalue weighted by molar-refractivity contribution is 9.10. The molecule has 0 bridgehead atoms. The molecule has 0 aliphatic carbocycles. The zero-order chi connectivity index (χ0) is 16.3. The third kappa shape index (κ3) is 3.82. The van der Waals surface area contributed by atoms with Crippen molar-refractivity contribution in [2.24, 2.45) is 0 Å². The maximum Gasteiger partial charge on any atom is 0.404 e. The molecule has 1 amide bonds. The Labute approximate surface area is 140 Å². The SMILES string of the molecule is O=C(O)NCCc1cc(Br)n(S(=O)(=O)c2cccc(Cl)c2)c1. The molecule has 2 N–H and O–H groups in total. The zero-order valence-electron chi connectivity index (χ0n) is 11.2. The molecule has 0 fully saturated rings. The number of carbonyl (C=O) groups is 1. The normalized spacial score (nSPS) is 11.4. The first kappa shape index (κ1) is 16.9. The van der Waals surface area contributed by atoms with Crippen molar-refractivity contribution >= 4 is 43.6 Å². The van der Waals surface area contributed by atoms with Crippen LogP contribution >= 0.6 is 27.5 Å². The summed E-state index contributed by atoms with van der Waals surface area (Å²) in [6.07, 6.45) is 0.706. The van der Waals surface area contributed by atoms with Crippen LogP contribution in [0, 0.1) is 0 Å². The van der Waals surface area contributed by atoms with Crippen molar-refractivity contribution in [2.45, 2.75) is 11.3 Å². The van der Waals surface area contributed by atoms with E-state index in [1.165, 1.54) is 18.3 Å². The molecule has 0 radical (unpaired) electrons. The molecule has 9 heteroatoms. The van der Waals surface area contributed by atoms with E-state index >= 15 is 0 Å². The second-order valence-electron chi connectivity index (χ2n) is 4.41. The van der Waals surface area contributed by atoms with Crippen LogP contribution in [0.15, 0.2) is 46.0 Å². The van der Waals surface area contributed by atoms with Gasteiger partial charge in [0.15, 0.2) is 0 Å². The molecule has 22 heavy (non-hydrogen) atoms. The summed E-state index contributed by atoms with van der Waals surface area (Å²) < 4.78 is 26.6. The van der Waals surface area contributed by atoms with Crippen LogP contribution in [0.4, 0.5) is 4.79 Å². The van der Waals surface area contributed by atoms with Gasteiger partial charge in [0.05, 0.1) is 4.90 Å². The van der Waals surface area contributed by atoms with Crippen molar-refractivity contribution in [1.82, 2.24) is 9.29 Å². The second kappa shape index (κ2) is 6.72. The van der Waals surface area contributed by atoms with E-state index < -0.39 is 16.1 Å². The number of hydrogen-bond donors (Lipinski definition) is 2. The second-order valence-corrected chi connectivity index (χ2v) is 7.48. The average molecular weight is 408 g/mol. The zero-order valence-corrected chi connectivity index (χ0v) is 14.3. The van der Waals surface area contributed by atoms with Gasteiger partial charge in [-0.2, -0.15) is 0 Å². The fourth-order valence-electron chi connectivity index (χ4n) is 1.84. The van der Waals surface area contributed by atoms with Crippen molar-refractivity contribution in [1.29, 1.82) is 0 Å². The topological polar surface area (TPSA) is 88.4 Å². The van der Waals surface area contributed by atoms with Crippen molar-refractivity contribution in [3.63, 3.8) is 0 Å². The van der Waals surface area contributed by atoms with Crippen LogP contribution in [0.1, 0.15) is 5.56 Å². The molecule has 0 saturated heterocycles. The van der Waals surface area contributed by atoms with Crippen LogP contribution < -0.4 is 5.32 Å². The fourth-order valence-corrected chi connectivity index (χ4v) is 4.38. The van der Waals surface area contributed by atoms with Gasteiger partial charge in [-0.15, -0.1) is 0 Å². The molecule has 0 aliphatic heterocycles. The molecule has 0 aliphatic rings. The molecule has 0 unspecified atom stereocenters. The number of carboxylic acid groups (broad SMARTS) is 1. The van der Waals surface area contributed by atoms with Gasteiger partial charge in [0.1, 0.15) is 4.60 Å². The van der Waals surface area contributed by atoms with Crippen LogP contribution in [0.3, 0.4) is 0 Å². The smallest absolute Gasteiger partial charge is 0.404 e. The van der Waals surface area contributed by atoms with Gasteiger partial charge >= 0.3 is 6.09 Å². The largest absolute Gasteiger partial charge is 0.465 e. The fraction of sp³-hybridized carbons (Fsp3) is 0.154. The van der Waals surface area contributed by atoms with Crippen LogP contribution in [0.25, 0.3) is 0 Å². The minimum atomic E-state index is -3.76. The summed E-state index contributed by atoms with van der Waals surface area (Å²) in [4.78, 5) is 10.5. The number of aromatic nitrogens is 1. The Hall–Kier alpha value is -1.51. The average Bonchev–Trinajstić information content (AvgIpc) is 2.80. The summed E-state index contributed by atoms with van der Waals surface area (Å²) in [5.41, 5.74) is 0.686. The van der Waals surface area contributed by atoms with Crippen molar-refractivity contribution in [3.8, 4) is 0 Å². The van der Waals surface area contributed by atoms with E-state index in [2.05, 4.69) is 21.2 Å². The van der Waals surface area contributed by atoms with Gasteiger partial charge in [-0.3, -0.25) is 0 Å². The highest BCUT2D eigenvalue weighted by atomic mass is 79.9. The molecular formula is C13H12BrClN2O4S. The number of rotatable bonds is 5. The molecular weight excluding hydrogens is 396 g/mol. The highest BCUT2D eigenvalue weighted by Gasteiger charge is 2.20. The van der Waals surface area contributed by atoms with Crippen LogP contribution in [-0.4, -0.2) is 30.1 Å². The molecule has 2 aromatic rings. The number of halogens is 2. The lowest BCUT2D eigenvalue weighted by Crippen LogP contribution is -2.23. The van der Waals surface area contributed by atoms with Crippen molar-refractivity contribution in [3.05, 3.63) is 51.7 Å². The minimum absolute atomic E-state index is 0.0755. The van der Waals surface area contributed by atoms with E-state index in [-0.39, 0.29) is 11.4 Å². The van der Waals surface area contributed by atoms with Gasteiger partial charge in [0, 0.05) is 17.8 Å². The minimum Gasteiger partial charge on any atom is -0.465 e. The Kier molecular flexibility index (Phi) is 5.15. The summed E-state index contributed by atoms with van der Waals surface area (Å²) in [6.45, 7) is 0.197. The Morgan fingerprint density at radius 3 is 2.73 bits per heavy atom. The van der Waals surface area contributed by atoms with Gasteiger partial charge in [0.2, 0.25) is 0 Å². The number of nitrogens with zero attached hydrogens (tertiary/aromatic N) is 1. The molecule has 1 aromatic carbocycles. The first-order chi connectivity index (χ1) is 10.3. The Morgan fingerprint density at radius 1 is 1.36 bits per heavy atom. The molecule has 1 aromatic heterocycles. The number of hydrogen-bond acceptors (Lipinski definition) is 3. The summed E-state index contributed by atoms with van der Waals surface area (Å²) in [7, 11) is -3.76. The van der Waals surface area contributed by atoms with E-state index in [0.717, 1.165) is 3.97 Å². The molecule has 0 atom stereocenters. The molecule has 0 spiro atoms. The van der Waals surface area contributed by atoms with Crippen LogP contribution in [0.5, 0.6) is 0 Å². The van der Waals surface area contributed by atoms with Crippen molar-refractivity contribution in [2.75, 3.05) is 6.54 Å². The molecule has 1 heterocycles. The Bertz CT molecular complexity index is 804. The van der Waals surface area contributed by atoms with E-state index in [1.54, 1.807) is 18.2 Å². The van der Waals surface area contributed by atoms with E-state index in [4.69, 9.17) is 16.7 Å². The predicted molar refractivity (Wildman–Crippen MR) is 85.9 cm³/mol. The van der Waals surface area contributed by atoms with Gasteiger partial charge in [-0.25, -0.2) is 17.2 Å². The lowest BCUT2D eigenvalue weighted by atomic mass is 10.2.